The number of unbranched alkanes of at least 4 members (excludes halogenated alkanes) is 1. The van der Waals surface area contributed by atoms with Crippen LogP contribution in [-0.2, 0) is 10.3 Å². The number of urea groups is 1. The van der Waals surface area contributed by atoms with Gasteiger partial charge >= 0.3 is 6.03 Å². The van der Waals surface area contributed by atoms with Crippen molar-refractivity contribution in [2.75, 3.05) is 39.9 Å². The number of aliphatic hydroxyl groups is 1. The van der Waals surface area contributed by atoms with E-state index in [-0.39, 0.29) is 18.0 Å². The predicted molar refractivity (Wildman–Crippen MR) is 148 cm³/mol. The van der Waals surface area contributed by atoms with Crippen LogP contribution in [0.4, 0.5) is 4.79 Å². The molecule has 0 bridgehead atoms. The largest absolute Gasteiger partial charge is 0.385 e. The molecule has 0 aromatic heterocycles. The Balaban J connectivity index is 1.72. The Bertz CT molecular complexity index is 821. The van der Waals surface area contributed by atoms with Gasteiger partial charge in [-0.3, -0.25) is 0 Å². The van der Waals surface area contributed by atoms with Gasteiger partial charge in [-0.15, -0.1) is 0 Å². The lowest BCUT2D eigenvalue weighted by atomic mass is 9.74. The van der Waals surface area contributed by atoms with Gasteiger partial charge in [-0.05, 0) is 64.5 Å². The molecule has 1 aromatic carbocycles. The maximum absolute atomic E-state index is 13.4. The molecule has 1 aromatic rings. The van der Waals surface area contributed by atoms with Crippen LogP contribution in [0.1, 0.15) is 76.7 Å². The van der Waals surface area contributed by atoms with E-state index in [0.717, 1.165) is 38.6 Å². The van der Waals surface area contributed by atoms with Crippen molar-refractivity contribution in [2.24, 2.45) is 11.8 Å². The van der Waals surface area contributed by atoms with Gasteiger partial charge in [0.2, 0.25) is 0 Å². The minimum atomic E-state index is -1.17. The van der Waals surface area contributed by atoms with E-state index in [4.69, 9.17) is 27.9 Å². The van der Waals surface area contributed by atoms with Gasteiger partial charge in [0, 0.05) is 50.4 Å². The van der Waals surface area contributed by atoms with Crippen molar-refractivity contribution < 1.29 is 14.6 Å². The van der Waals surface area contributed by atoms with E-state index in [1.165, 1.54) is 25.7 Å². The average molecular weight is 543 g/mol. The number of nitrogens with zero attached hydrogens (tertiary/aromatic N) is 1. The van der Waals surface area contributed by atoms with E-state index in [9.17, 15) is 9.90 Å². The van der Waals surface area contributed by atoms with E-state index in [0.29, 0.717) is 54.3 Å². The number of hydrogen-bond donors (Lipinski definition) is 3. The summed E-state index contributed by atoms with van der Waals surface area (Å²) < 4.78 is 5.50. The molecule has 6 nitrogen and oxygen atoms in total. The van der Waals surface area contributed by atoms with Crippen molar-refractivity contribution in [1.82, 2.24) is 15.5 Å². The highest BCUT2D eigenvalue weighted by Crippen LogP contribution is 2.44. The summed E-state index contributed by atoms with van der Waals surface area (Å²) in [6, 6.07) is 5.54. The van der Waals surface area contributed by atoms with Crippen LogP contribution >= 0.6 is 23.2 Å². The summed E-state index contributed by atoms with van der Waals surface area (Å²) in [7, 11) is 1.94. The summed E-state index contributed by atoms with van der Waals surface area (Å²) in [5.74, 6) is 0.571. The summed E-state index contributed by atoms with van der Waals surface area (Å²) in [5, 5.41) is 19.5. The Morgan fingerprint density at radius 1 is 1.22 bits per heavy atom. The zero-order valence-corrected chi connectivity index (χ0v) is 23.5. The van der Waals surface area contributed by atoms with Crippen LogP contribution in [0, 0.1) is 11.8 Å². The summed E-state index contributed by atoms with van der Waals surface area (Å²) in [4.78, 5) is 15.2. The van der Waals surface area contributed by atoms with Crippen molar-refractivity contribution in [1.29, 1.82) is 0 Å². The zero-order valence-electron chi connectivity index (χ0n) is 22.0. The van der Waals surface area contributed by atoms with Crippen LogP contribution in [-0.4, -0.2) is 62.0 Å². The molecule has 8 heteroatoms. The number of ether oxygens (including phenoxy) is 1. The van der Waals surface area contributed by atoms with Crippen molar-refractivity contribution in [3.63, 3.8) is 0 Å². The smallest absolute Gasteiger partial charge is 0.317 e. The summed E-state index contributed by atoms with van der Waals surface area (Å²) >= 11 is 13.0. The fraction of sp³-hybridized carbons (Fsp3) is 0.750. The minimum absolute atomic E-state index is 0.0335. The van der Waals surface area contributed by atoms with Crippen LogP contribution < -0.4 is 10.6 Å². The molecule has 3 rings (SSSR count). The fourth-order valence-electron chi connectivity index (χ4n) is 6.05. The van der Waals surface area contributed by atoms with Gasteiger partial charge < -0.3 is 25.4 Å². The molecule has 3 N–H and O–H groups in total. The van der Waals surface area contributed by atoms with Crippen LogP contribution in [0.15, 0.2) is 18.2 Å². The third kappa shape index (κ3) is 7.97. The van der Waals surface area contributed by atoms with Crippen LogP contribution in [0.25, 0.3) is 0 Å². The lowest BCUT2D eigenvalue weighted by Gasteiger charge is -2.43. The quantitative estimate of drug-likeness (QED) is 0.268. The van der Waals surface area contributed by atoms with Crippen molar-refractivity contribution >= 4 is 29.2 Å². The van der Waals surface area contributed by atoms with Crippen molar-refractivity contribution in [2.45, 2.75) is 82.8 Å². The Morgan fingerprint density at radius 3 is 2.72 bits per heavy atom. The number of carbonyl (C=O) groups excluding carboxylic acids is 1. The summed E-state index contributed by atoms with van der Waals surface area (Å²) in [6.45, 7) is 5.30. The molecule has 1 aliphatic heterocycles. The molecule has 1 heterocycles. The predicted octanol–water partition coefficient (Wildman–Crippen LogP) is 5.98. The van der Waals surface area contributed by atoms with Gasteiger partial charge in [0.05, 0.1) is 15.6 Å². The molecule has 0 spiro atoms. The first kappa shape index (κ1) is 29.5. The van der Waals surface area contributed by atoms with E-state index in [1.54, 1.807) is 6.07 Å². The molecule has 1 saturated carbocycles. The van der Waals surface area contributed by atoms with Gasteiger partial charge in [-0.25, -0.2) is 4.79 Å². The third-order valence-corrected chi connectivity index (χ3v) is 8.79. The maximum Gasteiger partial charge on any atom is 0.317 e. The fourth-order valence-corrected chi connectivity index (χ4v) is 6.51. The average Bonchev–Trinajstić information content (AvgIpc) is 3.38. The van der Waals surface area contributed by atoms with E-state index in [1.807, 2.05) is 31.0 Å². The number of hydrogen-bond acceptors (Lipinski definition) is 4. The monoisotopic (exact) mass is 541 g/mol. The number of halogens is 2. The van der Waals surface area contributed by atoms with Gasteiger partial charge in [-0.2, -0.15) is 0 Å². The van der Waals surface area contributed by atoms with Gasteiger partial charge in [0.25, 0.3) is 0 Å². The number of carbonyl (C=O) groups is 1. The molecule has 1 aliphatic carbocycles. The van der Waals surface area contributed by atoms with Gasteiger partial charge in [0.1, 0.15) is 0 Å². The Kier molecular flexibility index (Phi) is 12.1. The zero-order chi connectivity index (χ0) is 26.0. The molecule has 2 amide bonds. The SMILES string of the molecule is CCOCCCC[C@@](O)(c1cccc(Cl)c1Cl)[C@@H]1CCCN(C(=O)NC(CNC)CC2CCCC2)C1. The highest BCUT2D eigenvalue weighted by atomic mass is 35.5. The normalized spacial score (nSPS) is 21.4. The number of piperidine rings is 1. The summed E-state index contributed by atoms with van der Waals surface area (Å²) in [5.41, 5.74) is -0.504. The number of rotatable bonds is 13. The van der Waals surface area contributed by atoms with Crippen molar-refractivity contribution in [3.8, 4) is 0 Å². The first-order chi connectivity index (χ1) is 17.4. The van der Waals surface area contributed by atoms with Crippen molar-refractivity contribution in [3.05, 3.63) is 33.8 Å². The van der Waals surface area contributed by atoms with Crippen LogP contribution in [0.3, 0.4) is 0 Å². The van der Waals surface area contributed by atoms with E-state index < -0.39 is 5.60 Å². The topological polar surface area (TPSA) is 73.8 Å². The van der Waals surface area contributed by atoms with Gasteiger partial charge in [0.15, 0.2) is 0 Å². The second-order valence-electron chi connectivity index (χ2n) is 10.6. The Labute approximate surface area is 227 Å². The highest BCUT2D eigenvalue weighted by molar-refractivity contribution is 6.42. The minimum Gasteiger partial charge on any atom is -0.385 e. The molecule has 0 radical (unpaired) electrons. The lowest BCUT2D eigenvalue weighted by molar-refractivity contribution is -0.0564. The maximum atomic E-state index is 13.4. The van der Waals surface area contributed by atoms with Gasteiger partial charge in [-0.1, -0.05) is 61.0 Å². The number of benzene rings is 1. The standard InChI is InChI=1S/C28H45Cl2N3O3/c1-3-36-17-7-6-15-28(35,24-13-8-14-25(29)26(24)30)22-12-9-16-33(20-22)27(34)32-23(19-31-2)18-21-10-4-5-11-21/h8,13-14,21-23,31,35H,3-7,9-12,15-20H2,1-2H3,(H,32,34)/t22-,23?,28+/m1/s1. The molecule has 1 saturated heterocycles. The molecular weight excluding hydrogens is 497 g/mol. The molecular formula is C28H45Cl2N3O3. The molecule has 204 valence electrons. The molecule has 36 heavy (non-hydrogen) atoms. The highest BCUT2D eigenvalue weighted by Gasteiger charge is 2.42. The van der Waals surface area contributed by atoms with E-state index >= 15 is 0 Å². The van der Waals surface area contributed by atoms with E-state index in [2.05, 4.69) is 10.6 Å². The third-order valence-electron chi connectivity index (χ3n) is 7.97. The molecule has 3 atom stereocenters. The number of likely N-dealkylation sites (tertiary alicyclic amines) is 1. The second-order valence-corrected chi connectivity index (χ2v) is 11.3. The first-order valence-corrected chi connectivity index (χ1v) is 14.6. The van der Waals surface area contributed by atoms with Crippen LogP contribution in [0.2, 0.25) is 10.0 Å². The number of nitrogens with one attached hydrogen (secondary N) is 2. The molecule has 2 fully saturated rings. The number of amides is 2. The number of likely N-dealkylation sites (N-methyl/N-ethyl adjacent to an activating group) is 1. The molecule has 1 unspecified atom stereocenters. The lowest BCUT2D eigenvalue weighted by Crippen LogP contribution is -2.54. The Morgan fingerprint density at radius 2 is 2.00 bits per heavy atom. The van der Waals surface area contributed by atoms with Crippen LogP contribution in [0.5, 0.6) is 0 Å². The second kappa shape index (κ2) is 14.8. The first-order valence-electron chi connectivity index (χ1n) is 13.8. The molecule has 2 aliphatic rings. The Hall–Kier alpha value is -1.05. The summed E-state index contributed by atoms with van der Waals surface area (Å²) in [6.07, 6.45) is 10.0.